The minimum absolute atomic E-state index is 0.0205. The molecule has 0 saturated carbocycles. The number of hydrogen-bond donors (Lipinski definition) is 0. The van der Waals surface area contributed by atoms with E-state index in [9.17, 15) is 17.2 Å². The molecule has 0 aromatic heterocycles. The van der Waals surface area contributed by atoms with Gasteiger partial charge in [0.2, 0.25) is 0 Å². The SMILES string of the molecule is CCC(C)(C)O/N=C(\C)S(=O)(=O)Cc1cc(Cl)ccc1OC(F)F. The smallest absolute Gasteiger partial charge is 0.387 e. The molecule has 0 aliphatic carbocycles. The van der Waals surface area contributed by atoms with E-state index in [4.69, 9.17) is 16.4 Å². The van der Waals surface area contributed by atoms with Crippen LogP contribution in [-0.4, -0.2) is 25.7 Å². The molecule has 9 heteroatoms. The van der Waals surface area contributed by atoms with Crippen LogP contribution in [-0.2, 0) is 20.4 Å². The first-order valence-corrected chi connectivity index (χ1v) is 9.18. The van der Waals surface area contributed by atoms with Gasteiger partial charge in [0.15, 0.2) is 14.9 Å². The van der Waals surface area contributed by atoms with Crippen LogP contribution in [0.15, 0.2) is 23.4 Å². The standard InChI is InChI=1S/C15H20ClF2NO4S/c1-5-15(3,4)23-19-10(2)24(20,21)9-11-8-12(16)6-7-13(11)22-14(17)18/h6-8,14H,5,9H2,1-4H3/b19-10+. The molecule has 0 unspecified atom stereocenters. The summed E-state index contributed by atoms with van der Waals surface area (Å²) < 4.78 is 53.9. The third kappa shape index (κ3) is 6.24. The Hall–Kier alpha value is -1.41. The molecule has 0 aliphatic heterocycles. The van der Waals surface area contributed by atoms with Gasteiger partial charge in [-0.2, -0.15) is 8.78 Å². The molecule has 0 bridgehead atoms. The molecular formula is C15H20ClF2NO4S. The molecule has 0 radical (unpaired) electrons. The highest BCUT2D eigenvalue weighted by Gasteiger charge is 2.23. The summed E-state index contributed by atoms with van der Waals surface area (Å²) in [7, 11) is -3.88. The molecule has 0 heterocycles. The van der Waals surface area contributed by atoms with E-state index in [2.05, 4.69) is 9.89 Å². The fourth-order valence-electron chi connectivity index (χ4n) is 1.49. The van der Waals surface area contributed by atoms with Crippen LogP contribution < -0.4 is 4.74 Å². The number of halogens is 3. The van der Waals surface area contributed by atoms with Crippen molar-refractivity contribution in [1.82, 2.24) is 0 Å². The number of hydrogen-bond acceptors (Lipinski definition) is 5. The molecule has 0 aliphatic rings. The van der Waals surface area contributed by atoms with E-state index < -0.39 is 27.8 Å². The Balaban J connectivity index is 3.06. The van der Waals surface area contributed by atoms with Crippen LogP contribution in [0, 0.1) is 0 Å². The van der Waals surface area contributed by atoms with E-state index in [1.165, 1.54) is 25.1 Å². The second kappa shape index (κ2) is 8.11. The van der Waals surface area contributed by atoms with Crippen molar-refractivity contribution in [3.63, 3.8) is 0 Å². The Morgan fingerprint density at radius 1 is 1.38 bits per heavy atom. The largest absolute Gasteiger partial charge is 0.435 e. The average molecular weight is 384 g/mol. The molecule has 0 N–H and O–H groups in total. The molecule has 0 amide bonds. The van der Waals surface area contributed by atoms with Gasteiger partial charge in [-0.25, -0.2) is 8.42 Å². The van der Waals surface area contributed by atoms with Crippen LogP contribution in [0.3, 0.4) is 0 Å². The molecule has 5 nitrogen and oxygen atoms in total. The van der Waals surface area contributed by atoms with Gasteiger partial charge >= 0.3 is 6.61 Å². The van der Waals surface area contributed by atoms with Crippen molar-refractivity contribution in [3.05, 3.63) is 28.8 Å². The van der Waals surface area contributed by atoms with Gasteiger partial charge in [0.05, 0.1) is 5.75 Å². The van der Waals surface area contributed by atoms with E-state index in [1.807, 2.05) is 6.92 Å². The lowest BCUT2D eigenvalue weighted by Gasteiger charge is -2.20. The summed E-state index contributed by atoms with van der Waals surface area (Å²) in [4.78, 5) is 5.21. The van der Waals surface area contributed by atoms with Crippen molar-refractivity contribution in [1.29, 1.82) is 0 Å². The Labute approximate surface area is 145 Å². The van der Waals surface area contributed by atoms with Crippen LogP contribution >= 0.6 is 11.6 Å². The minimum Gasteiger partial charge on any atom is -0.435 e. The molecule has 24 heavy (non-hydrogen) atoms. The highest BCUT2D eigenvalue weighted by atomic mass is 35.5. The third-order valence-electron chi connectivity index (χ3n) is 3.31. The number of benzene rings is 1. The number of oxime groups is 1. The van der Waals surface area contributed by atoms with Crippen molar-refractivity contribution in [2.45, 2.75) is 52.1 Å². The summed E-state index contributed by atoms with van der Waals surface area (Å²) in [5.74, 6) is -0.832. The molecule has 136 valence electrons. The van der Waals surface area contributed by atoms with Crippen molar-refractivity contribution in [3.8, 4) is 5.75 Å². The molecule has 0 saturated heterocycles. The summed E-state index contributed by atoms with van der Waals surface area (Å²) >= 11 is 5.81. The number of sulfone groups is 1. The summed E-state index contributed by atoms with van der Waals surface area (Å²) in [6.07, 6.45) is 0.629. The Kier molecular flexibility index (Phi) is 6.97. The van der Waals surface area contributed by atoms with Gasteiger partial charge in [-0.05, 0) is 45.4 Å². The number of ether oxygens (including phenoxy) is 1. The second-order valence-electron chi connectivity index (χ2n) is 5.70. The fraction of sp³-hybridized carbons (Fsp3) is 0.533. The average Bonchev–Trinajstić information content (AvgIpc) is 2.47. The summed E-state index contributed by atoms with van der Waals surface area (Å²) in [6, 6.07) is 3.80. The zero-order valence-electron chi connectivity index (χ0n) is 13.8. The van der Waals surface area contributed by atoms with Gasteiger partial charge in [-0.15, -0.1) is 0 Å². The molecular weight excluding hydrogens is 364 g/mol. The lowest BCUT2D eigenvalue weighted by molar-refractivity contribution is -0.0503. The predicted molar refractivity (Wildman–Crippen MR) is 89.3 cm³/mol. The first kappa shape index (κ1) is 20.6. The zero-order chi connectivity index (χ0) is 18.5. The maximum Gasteiger partial charge on any atom is 0.387 e. The van der Waals surface area contributed by atoms with Gasteiger partial charge in [0, 0.05) is 10.6 Å². The van der Waals surface area contributed by atoms with Gasteiger partial charge in [-0.3, -0.25) is 0 Å². The lowest BCUT2D eigenvalue weighted by atomic mass is 10.1. The van der Waals surface area contributed by atoms with Gasteiger partial charge < -0.3 is 9.57 Å². The van der Waals surface area contributed by atoms with E-state index in [0.29, 0.717) is 6.42 Å². The highest BCUT2D eigenvalue weighted by Crippen LogP contribution is 2.27. The second-order valence-corrected chi connectivity index (χ2v) is 8.25. The van der Waals surface area contributed by atoms with E-state index in [-0.39, 0.29) is 21.4 Å². The number of rotatable bonds is 7. The third-order valence-corrected chi connectivity index (χ3v) is 5.21. The molecule has 1 rings (SSSR count). The minimum atomic E-state index is -3.88. The Morgan fingerprint density at radius 3 is 2.54 bits per heavy atom. The van der Waals surface area contributed by atoms with Crippen LogP contribution in [0.5, 0.6) is 5.75 Å². The number of alkyl halides is 2. The molecule has 1 aromatic carbocycles. The normalized spacial score (nSPS) is 13.2. The van der Waals surface area contributed by atoms with Gasteiger partial charge in [-0.1, -0.05) is 23.7 Å². The molecule has 0 spiro atoms. The quantitative estimate of drug-likeness (QED) is 0.398. The molecule has 1 aromatic rings. The summed E-state index contributed by atoms with van der Waals surface area (Å²) in [5, 5.41) is 3.60. The van der Waals surface area contributed by atoms with Crippen molar-refractivity contribution in [2.24, 2.45) is 5.16 Å². The summed E-state index contributed by atoms with van der Waals surface area (Å²) in [5.41, 5.74) is -0.594. The van der Waals surface area contributed by atoms with E-state index in [1.54, 1.807) is 13.8 Å². The van der Waals surface area contributed by atoms with Crippen molar-refractivity contribution in [2.75, 3.05) is 0 Å². The highest BCUT2D eigenvalue weighted by molar-refractivity contribution is 8.05. The van der Waals surface area contributed by atoms with E-state index in [0.717, 1.165) is 0 Å². The molecule has 0 atom stereocenters. The van der Waals surface area contributed by atoms with Gasteiger partial charge in [0.1, 0.15) is 11.4 Å². The van der Waals surface area contributed by atoms with Crippen LogP contribution in [0.4, 0.5) is 8.78 Å². The van der Waals surface area contributed by atoms with E-state index >= 15 is 0 Å². The first-order chi connectivity index (χ1) is 11.0. The molecule has 0 fully saturated rings. The van der Waals surface area contributed by atoms with Gasteiger partial charge in [0.25, 0.3) is 0 Å². The first-order valence-electron chi connectivity index (χ1n) is 7.15. The van der Waals surface area contributed by atoms with Crippen LogP contribution in [0.1, 0.15) is 39.7 Å². The maximum absolute atomic E-state index is 12.4. The van der Waals surface area contributed by atoms with Crippen LogP contribution in [0.2, 0.25) is 5.02 Å². The number of nitrogens with zero attached hydrogens (tertiary/aromatic N) is 1. The summed E-state index contributed by atoms with van der Waals surface area (Å²) in [6.45, 7) is 3.61. The lowest BCUT2D eigenvalue weighted by Crippen LogP contribution is -2.23. The zero-order valence-corrected chi connectivity index (χ0v) is 15.4. The van der Waals surface area contributed by atoms with Crippen molar-refractivity contribution < 1.29 is 26.8 Å². The topological polar surface area (TPSA) is 65.0 Å². The monoisotopic (exact) mass is 383 g/mol. The maximum atomic E-state index is 12.4. The van der Waals surface area contributed by atoms with Crippen molar-refractivity contribution >= 4 is 26.5 Å². The van der Waals surface area contributed by atoms with Crippen LogP contribution in [0.25, 0.3) is 0 Å². The Morgan fingerprint density at radius 2 is 2.00 bits per heavy atom. The Bertz CT molecular complexity index is 705. The predicted octanol–water partition coefficient (Wildman–Crippen LogP) is 4.39. The fourth-order valence-corrected chi connectivity index (χ4v) is 2.68.